The Morgan fingerprint density at radius 3 is 2.61 bits per heavy atom. The van der Waals surface area contributed by atoms with Gasteiger partial charge in [-0.05, 0) is 95.7 Å². The van der Waals surface area contributed by atoms with Gasteiger partial charge in [0.2, 0.25) is 0 Å². The van der Waals surface area contributed by atoms with Crippen molar-refractivity contribution in [3.8, 4) is 22.6 Å². The second kappa shape index (κ2) is 8.24. The summed E-state index contributed by atoms with van der Waals surface area (Å²) >= 11 is 0. The van der Waals surface area contributed by atoms with Crippen LogP contribution < -0.4 is 4.74 Å². The van der Waals surface area contributed by atoms with Crippen molar-refractivity contribution >= 4 is 10.8 Å². The lowest BCUT2D eigenvalue weighted by molar-refractivity contribution is 0.233. The maximum absolute atomic E-state index is 10.2. The highest BCUT2D eigenvalue weighted by Gasteiger charge is 2.31. The Morgan fingerprint density at radius 2 is 1.79 bits per heavy atom. The van der Waals surface area contributed by atoms with Crippen molar-refractivity contribution in [1.29, 1.82) is 0 Å². The fraction of sp³-hybridized carbons (Fsp3) is 0.267. The van der Waals surface area contributed by atoms with Crippen molar-refractivity contribution in [2.45, 2.75) is 31.2 Å². The molecule has 0 saturated carbocycles. The molecule has 1 saturated heterocycles. The first-order valence-electron chi connectivity index (χ1n) is 12.0. The summed E-state index contributed by atoms with van der Waals surface area (Å²) in [5.74, 6) is 1.38. The predicted molar refractivity (Wildman–Crippen MR) is 134 cm³/mol. The van der Waals surface area contributed by atoms with E-state index >= 15 is 0 Å². The Bertz CT molecular complexity index is 1310. The fourth-order valence-corrected chi connectivity index (χ4v) is 5.79. The number of phenols is 1. The standard InChI is InChI=1S/C30H29NO2/c1-31-17-4-6-22(31)16-18-33-24-12-8-21(9-13-24)29-26-15-11-23(32)19-28(26)27-14-10-20-5-2-3-7-25(20)30(27)29/h2-3,5,7-15,19,22,29,32H,4,6,16-18H2,1H3. The molecule has 2 unspecified atom stereocenters. The summed E-state index contributed by atoms with van der Waals surface area (Å²) in [4.78, 5) is 2.45. The van der Waals surface area contributed by atoms with Crippen LogP contribution in [-0.4, -0.2) is 36.2 Å². The van der Waals surface area contributed by atoms with E-state index in [1.54, 1.807) is 6.07 Å². The Hall–Kier alpha value is -3.30. The minimum atomic E-state index is 0.142. The predicted octanol–water partition coefficient (Wildman–Crippen LogP) is 6.57. The third-order valence-electron chi connectivity index (χ3n) is 7.50. The van der Waals surface area contributed by atoms with Crippen LogP contribution in [0, 0.1) is 0 Å². The molecule has 3 heteroatoms. The van der Waals surface area contributed by atoms with E-state index in [0.717, 1.165) is 24.3 Å². The molecule has 3 nitrogen and oxygen atoms in total. The van der Waals surface area contributed by atoms with E-state index in [-0.39, 0.29) is 5.92 Å². The number of fused-ring (bicyclic) bond motifs is 5. The molecule has 0 radical (unpaired) electrons. The summed E-state index contributed by atoms with van der Waals surface area (Å²) in [6.45, 7) is 1.96. The Kier molecular flexibility index (Phi) is 5.07. The van der Waals surface area contributed by atoms with Crippen LogP contribution in [0.25, 0.3) is 21.9 Å². The quantitative estimate of drug-likeness (QED) is 0.339. The lowest BCUT2D eigenvalue weighted by Gasteiger charge is -2.20. The molecular formula is C30H29NO2. The summed E-state index contributed by atoms with van der Waals surface area (Å²) in [5, 5.41) is 12.7. The zero-order valence-electron chi connectivity index (χ0n) is 19.0. The van der Waals surface area contributed by atoms with Crippen molar-refractivity contribution < 1.29 is 9.84 Å². The van der Waals surface area contributed by atoms with Crippen LogP contribution in [-0.2, 0) is 0 Å². The molecule has 2 aliphatic rings. The monoisotopic (exact) mass is 435 g/mol. The van der Waals surface area contributed by atoms with E-state index in [1.807, 2.05) is 6.07 Å². The molecule has 4 aromatic carbocycles. The molecule has 2 atom stereocenters. The number of rotatable bonds is 5. The molecule has 1 N–H and O–H groups in total. The Labute approximate surface area is 195 Å². The molecule has 0 amide bonds. The summed E-state index contributed by atoms with van der Waals surface area (Å²) in [6.07, 6.45) is 3.66. The van der Waals surface area contributed by atoms with E-state index in [0.29, 0.717) is 11.8 Å². The Balaban J connectivity index is 1.32. The van der Waals surface area contributed by atoms with E-state index in [4.69, 9.17) is 4.74 Å². The van der Waals surface area contributed by atoms with E-state index in [2.05, 4.69) is 78.7 Å². The molecule has 0 aromatic heterocycles. The number of nitrogens with zero attached hydrogens (tertiary/aromatic N) is 1. The van der Waals surface area contributed by atoms with Crippen molar-refractivity contribution in [3.05, 3.63) is 95.6 Å². The van der Waals surface area contributed by atoms with Crippen LogP contribution in [0.1, 0.15) is 41.9 Å². The fourth-order valence-electron chi connectivity index (χ4n) is 5.79. The van der Waals surface area contributed by atoms with Gasteiger partial charge in [0.25, 0.3) is 0 Å². The number of phenolic OH excluding ortho intramolecular Hbond substituents is 1. The minimum absolute atomic E-state index is 0.142. The molecule has 33 heavy (non-hydrogen) atoms. The SMILES string of the molecule is CN1CCCC1CCOc1ccc(C2c3ccc(O)cc3-c3ccc4ccccc4c32)cc1. The molecule has 166 valence electrons. The first-order valence-corrected chi connectivity index (χ1v) is 12.0. The lowest BCUT2D eigenvalue weighted by Crippen LogP contribution is -2.26. The van der Waals surface area contributed by atoms with Gasteiger partial charge in [-0.25, -0.2) is 0 Å². The van der Waals surface area contributed by atoms with Gasteiger partial charge in [0, 0.05) is 12.0 Å². The maximum atomic E-state index is 10.2. The summed E-state index contributed by atoms with van der Waals surface area (Å²) < 4.78 is 6.10. The van der Waals surface area contributed by atoms with Gasteiger partial charge in [0.15, 0.2) is 0 Å². The molecule has 1 aliphatic heterocycles. The number of aromatic hydroxyl groups is 1. The third kappa shape index (κ3) is 3.57. The van der Waals surface area contributed by atoms with Gasteiger partial charge in [-0.15, -0.1) is 0 Å². The average molecular weight is 436 g/mol. The van der Waals surface area contributed by atoms with Crippen LogP contribution in [0.2, 0.25) is 0 Å². The van der Waals surface area contributed by atoms with E-state index < -0.39 is 0 Å². The van der Waals surface area contributed by atoms with Crippen molar-refractivity contribution in [1.82, 2.24) is 4.90 Å². The van der Waals surface area contributed by atoms with Crippen LogP contribution in [0.4, 0.5) is 0 Å². The summed E-state index contributed by atoms with van der Waals surface area (Å²) in [6, 6.07) is 28.0. The highest BCUT2D eigenvalue weighted by molar-refractivity contribution is 5.97. The maximum Gasteiger partial charge on any atom is 0.119 e. The van der Waals surface area contributed by atoms with Gasteiger partial charge in [-0.1, -0.05) is 54.6 Å². The smallest absolute Gasteiger partial charge is 0.119 e. The van der Waals surface area contributed by atoms with Crippen molar-refractivity contribution in [2.75, 3.05) is 20.2 Å². The average Bonchev–Trinajstić information content (AvgIpc) is 3.40. The zero-order valence-corrected chi connectivity index (χ0v) is 19.0. The molecule has 0 spiro atoms. The van der Waals surface area contributed by atoms with Gasteiger partial charge in [0.1, 0.15) is 11.5 Å². The third-order valence-corrected chi connectivity index (χ3v) is 7.50. The van der Waals surface area contributed by atoms with E-state index in [9.17, 15) is 5.11 Å². The molecule has 6 rings (SSSR count). The van der Waals surface area contributed by atoms with Crippen LogP contribution >= 0.6 is 0 Å². The first kappa shape index (κ1) is 20.3. The first-order chi connectivity index (χ1) is 16.2. The molecular weight excluding hydrogens is 406 g/mol. The molecule has 0 bridgehead atoms. The number of hydrogen-bond acceptors (Lipinski definition) is 3. The molecule has 1 fully saturated rings. The summed E-state index contributed by atoms with van der Waals surface area (Å²) in [7, 11) is 2.22. The van der Waals surface area contributed by atoms with Crippen LogP contribution in [0.3, 0.4) is 0 Å². The van der Waals surface area contributed by atoms with Gasteiger partial charge < -0.3 is 14.7 Å². The van der Waals surface area contributed by atoms with Gasteiger partial charge >= 0.3 is 0 Å². The second-order valence-corrected chi connectivity index (χ2v) is 9.44. The minimum Gasteiger partial charge on any atom is -0.508 e. The zero-order chi connectivity index (χ0) is 22.4. The molecule has 1 aliphatic carbocycles. The van der Waals surface area contributed by atoms with Gasteiger partial charge in [-0.3, -0.25) is 0 Å². The van der Waals surface area contributed by atoms with E-state index in [1.165, 1.54) is 52.4 Å². The second-order valence-electron chi connectivity index (χ2n) is 9.44. The van der Waals surface area contributed by atoms with Crippen molar-refractivity contribution in [2.24, 2.45) is 0 Å². The number of ether oxygens (including phenoxy) is 1. The van der Waals surface area contributed by atoms with Gasteiger partial charge in [0.05, 0.1) is 6.61 Å². The summed E-state index contributed by atoms with van der Waals surface area (Å²) in [5.41, 5.74) is 6.16. The number of likely N-dealkylation sites (tertiary alicyclic amines) is 1. The Morgan fingerprint density at radius 1 is 0.939 bits per heavy atom. The van der Waals surface area contributed by atoms with Crippen LogP contribution in [0.15, 0.2) is 78.9 Å². The molecule has 1 heterocycles. The van der Waals surface area contributed by atoms with Crippen molar-refractivity contribution in [3.63, 3.8) is 0 Å². The largest absolute Gasteiger partial charge is 0.508 e. The lowest BCUT2D eigenvalue weighted by atomic mass is 9.87. The highest BCUT2D eigenvalue weighted by atomic mass is 16.5. The highest BCUT2D eigenvalue weighted by Crippen LogP contribution is 2.51. The molecule has 4 aromatic rings. The number of benzene rings is 4. The topological polar surface area (TPSA) is 32.7 Å². The number of hydrogen-bond donors (Lipinski definition) is 1. The van der Waals surface area contributed by atoms with Crippen LogP contribution in [0.5, 0.6) is 11.5 Å². The normalized spacial score (nSPS) is 19.5. The van der Waals surface area contributed by atoms with Gasteiger partial charge in [-0.2, -0.15) is 0 Å².